The van der Waals surface area contributed by atoms with Gasteiger partial charge in [-0.05, 0) is 25.9 Å². The van der Waals surface area contributed by atoms with Crippen molar-refractivity contribution in [2.45, 2.75) is 33.6 Å². The zero-order chi connectivity index (χ0) is 11.0. The summed E-state index contributed by atoms with van der Waals surface area (Å²) in [7, 11) is 0. The molecule has 0 aromatic carbocycles. The Kier molecular flexibility index (Phi) is 7.20. The number of hydrogen-bond donors (Lipinski definition) is 2. The first-order chi connectivity index (χ1) is 6.65. The molecule has 0 aliphatic carbocycles. The highest BCUT2D eigenvalue weighted by molar-refractivity contribution is 5.82. The van der Waals surface area contributed by atoms with Crippen molar-refractivity contribution in [3.63, 3.8) is 0 Å². The van der Waals surface area contributed by atoms with Crippen LogP contribution in [0.1, 0.15) is 33.6 Å². The van der Waals surface area contributed by atoms with Gasteiger partial charge in [0.25, 0.3) is 0 Å². The molecule has 0 aliphatic rings. The van der Waals surface area contributed by atoms with Gasteiger partial charge in [-0.25, -0.2) is 0 Å². The van der Waals surface area contributed by atoms with E-state index in [-0.39, 0.29) is 5.92 Å². The molecule has 0 spiro atoms. The van der Waals surface area contributed by atoms with Gasteiger partial charge >= 0.3 is 0 Å². The summed E-state index contributed by atoms with van der Waals surface area (Å²) >= 11 is 0. The quantitative estimate of drug-likeness (QED) is 0.284. The standard InChI is InChI=1S/C10H23N3O/c1-4-6-13(7-5-2)8-9(3)10(11)12-14/h9,14H,4-8H2,1-3H3,(H2,11,12). The molecule has 0 bridgehead atoms. The summed E-state index contributed by atoms with van der Waals surface area (Å²) in [5, 5.41) is 11.6. The molecule has 1 unspecified atom stereocenters. The summed E-state index contributed by atoms with van der Waals surface area (Å²) in [6.45, 7) is 9.34. The lowest BCUT2D eigenvalue weighted by atomic mass is 10.1. The van der Waals surface area contributed by atoms with Crippen LogP contribution in [-0.4, -0.2) is 35.6 Å². The molecule has 0 fully saturated rings. The van der Waals surface area contributed by atoms with Gasteiger partial charge in [-0.2, -0.15) is 0 Å². The van der Waals surface area contributed by atoms with E-state index in [0.29, 0.717) is 5.84 Å². The highest BCUT2D eigenvalue weighted by atomic mass is 16.4. The van der Waals surface area contributed by atoms with Gasteiger partial charge in [-0.1, -0.05) is 25.9 Å². The van der Waals surface area contributed by atoms with Gasteiger partial charge in [0.2, 0.25) is 0 Å². The predicted molar refractivity (Wildman–Crippen MR) is 59.6 cm³/mol. The molecule has 1 atom stereocenters. The Morgan fingerprint density at radius 3 is 2.21 bits per heavy atom. The second kappa shape index (κ2) is 7.62. The van der Waals surface area contributed by atoms with Gasteiger partial charge in [0.1, 0.15) is 5.84 Å². The summed E-state index contributed by atoms with van der Waals surface area (Å²) in [4.78, 5) is 2.35. The number of rotatable bonds is 7. The number of hydrogen-bond acceptors (Lipinski definition) is 3. The summed E-state index contributed by atoms with van der Waals surface area (Å²) in [6, 6.07) is 0. The maximum absolute atomic E-state index is 8.52. The third-order valence-electron chi connectivity index (χ3n) is 2.23. The van der Waals surface area contributed by atoms with Crippen LogP contribution in [0, 0.1) is 5.92 Å². The van der Waals surface area contributed by atoms with E-state index in [9.17, 15) is 0 Å². The average molecular weight is 201 g/mol. The molecule has 3 N–H and O–H groups in total. The first-order valence-electron chi connectivity index (χ1n) is 5.35. The van der Waals surface area contributed by atoms with E-state index in [0.717, 1.165) is 32.5 Å². The van der Waals surface area contributed by atoms with Crippen LogP contribution in [0.2, 0.25) is 0 Å². The Hall–Kier alpha value is -0.770. The molecule has 0 aromatic rings. The van der Waals surface area contributed by atoms with Gasteiger partial charge < -0.3 is 15.8 Å². The van der Waals surface area contributed by atoms with Crippen LogP contribution >= 0.6 is 0 Å². The second-order valence-corrected chi connectivity index (χ2v) is 3.73. The Morgan fingerprint density at radius 1 is 1.36 bits per heavy atom. The van der Waals surface area contributed by atoms with Crippen molar-refractivity contribution in [1.82, 2.24) is 4.90 Å². The minimum atomic E-state index is 0.123. The minimum Gasteiger partial charge on any atom is -0.409 e. The lowest BCUT2D eigenvalue weighted by Gasteiger charge is -2.23. The van der Waals surface area contributed by atoms with Crippen LogP contribution in [0.15, 0.2) is 5.16 Å². The van der Waals surface area contributed by atoms with Crippen molar-refractivity contribution >= 4 is 5.84 Å². The summed E-state index contributed by atoms with van der Waals surface area (Å²) in [5.41, 5.74) is 5.53. The fraction of sp³-hybridized carbons (Fsp3) is 0.900. The highest BCUT2D eigenvalue weighted by Gasteiger charge is 2.12. The van der Waals surface area contributed by atoms with Crippen molar-refractivity contribution in [3.8, 4) is 0 Å². The molecule has 0 radical (unpaired) electrons. The van der Waals surface area contributed by atoms with E-state index >= 15 is 0 Å². The molecular formula is C10H23N3O. The molecule has 0 saturated heterocycles. The van der Waals surface area contributed by atoms with Crippen molar-refractivity contribution < 1.29 is 5.21 Å². The smallest absolute Gasteiger partial charge is 0.143 e. The molecular weight excluding hydrogens is 178 g/mol. The SMILES string of the molecule is CCCN(CCC)CC(C)/C(N)=N/O. The van der Waals surface area contributed by atoms with Crippen molar-refractivity contribution in [2.24, 2.45) is 16.8 Å². The summed E-state index contributed by atoms with van der Waals surface area (Å²) in [6.07, 6.45) is 2.28. The second-order valence-electron chi connectivity index (χ2n) is 3.73. The van der Waals surface area contributed by atoms with Crippen LogP contribution in [0.25, 0.3) is 0 Å². The van der Waals surface area contributed by atoms with Gasteiger partial charge in [0, 0.05) is 12.5 Å². The first-order valence-corrected chi connectivity index (χ1v) is 5.35. The monoisotopic (exact) mass is 201 g/mol. The average Bonchev–Trinajstić information content (AvgIpc) is 2.17. The maximum atomic E-state index is 8.52. The topological polar surface area (TPSA) is 61.8 Å². The lowest BCUT2D eigenvalue weighted by molar-refractivity contribution is 0.254. The van der Waals surface area contributed by atoms with Gasteiger partial charge in [0.15, 0.2) is 0 Å². The zero-order valence-corrected chi connectivity index (χ0v) is 9.53. The van der Waals surface area contributed by atoms with E-state index in [4.69, 9.17) is 10.9 Å². The van der Waals surface area contributed by atoms with Gasteiger partial charge in [-0.3, -0.25) is 0 Å². The van der Waals surface area contributed by atoms with E-state index in [1.807, 2.05) is 6.92 Å². The fourth-order valence-electron chi connectivity index (χ4n) is 1.51. The van der Waals surface area contributed by atoms with Crippen LogP contribution in [0.4, 0.5) is 0 Å². The molecule has 0 heterocycles. The van der Waals surface area contributed by atoms with E-state index in [1.165, 1.54) is 0 Å². The third kappa shape index (κ3) is 5.07. The molecule has 0 aromatic heterocycles. The van der Waals surface area contributed by atoms with Crippen molar-refractivity contribution in [3.05, 3.63) is 0 Å². The number of oxime groups is 1. The Labute approximate surface area is 86.8 Å². The molecule has 0 saturated carbocycles. The fourth-order valence-corrected chi connectivity index (χ4v) is 1.51. The molecule has 14 heavy (non-hydrogen) atoms. The molecule has 4 nitrogen and oxygen atoms in total. The van der Waals surface area contributed by atoms with E-state index < -0.39 is 0 Å². The first kappa shape index (κ1) is 13.2. The zero-order valence-electron chi connectivity index (χ0n) is 9.53. The van der Waals surface area contributed by atoms with Crippen LogP contribution in [0.5, 0.6) is 0 Å². The minimum absolute atomic E-state index is 0.123. The molecule has 0 amide bonds. The molecule has 0 aliphatic heterocycles. The molecule has 84 valence electrons. The Morgan fingerprint density at radius 2 is 1.86 bits per heavy atom. The van der Waals surface area contributed by atoms with E-state index in [1.54, 1.807) is 0 Å². The van der Waals surface area contributed by atoms with Crippen LogP contribution < -0.4 is 5.73 Å². The Bertz CT molecular complexity index is 165. The van der Waals surface area contributed by atoms with Crippen LogP contribution in [0.3, 0.4) is 0 Å². The maximum Gasteiger partial charge on any atom is 0.143 e. The van der Waals surface area contributed by atoms with Crippen molar-refractivity contribution in [1.29, 1.82) is 0 Å². The summed E-state index contributed by atoms with van der Waals surface area (Å²) < 4.78 is 0. The molecule has 0 rings (SSSR count). The summed E-state index contributed by atoms with van der Waals surface area (Å²) in [5.74, 6) is 0.445. The van der Waals surface area contributed by atoms with Gasteiger partial charge in [0.05, 0.1) is 0 Å². The third-order valence-corrected chi connectivity index (χ3v) is 2.23. The van der Waals surface area contributed by atoms with Crippen LogP contribution in [-0.2, 0) is 0 Å². The predicted octanol–water partition coefficient (Wildman–Crippen LogP) is 1.49. The van der Waals surface area contributed by atoms with Crippen molar-refractivity contribution in [2.75, 3.05) is 19.6 Å². The highest BCUT2D eigenvalue weighted by Crippen LogP contribution is 2.02. The largest absolute Gasteiger partial charge is 0.409 e. The number of nitrogens with zero attached hydrogens (tertiary/aromatic N) is 2. The lowest BCUT2D eigenvalue weighted by Crippen LogP contribution is -2.35. The number of amidine groups is 1. The Balaban J connectivity index is 4.00. The molecule has 4 heteroatoms. The van der Waals surface area contributed by atoms with Gasteiger partial charge in [-0.15, -0.1) is 0 Å². The normalized spacial score (nSPS) is 14.7. The van der Waals surface area contributed by atoms with E-state index in [2.05, 4.69) is 23.9 Å². The number of nitrogens with two attached hydrogens (primary N) is 1.